The van der Waals surface area contributed by atoms with E-state index in [-0.39, 0.29) is 5.78 Å². The van der Waals surface area contributed by atoms with Gasteiger partial charge in [0, 0.05) is 34.4 Å². The Morgan fingerprint density at radius 2 is 0.857 bits per heavy atom. The van der Waals surface area contributed by atoms with Crippen LogP contribution in [0.25, 0.3) is 22.3 Å². The van der Waals surface area contributed by atoms with Gasteiger partial charge in [-0.25, -0.2) is 9.59 Å². The number of hydrogen-bond donors (Lipinski definition) is 0. The van der Waals surface area contributed by atoms with Gasteiger partial charge < -0.3 is 8.83 Å². The molecule has 0 radical (unpaired) electrons. The van der Waals surface area contributed by atoms with Crippen LogP contribution in [-0.2, 0) is 0 Å². The summed E-state index contributed by atoms with van der Waals surface area (Å²) in [6.45, 7) is 0. The fourth-order valence-corrected chi connectivity index (χ4v) is 2.84. The predicted octanol–water partition coefficient (Wildman–Crippen LogP) is 4.16. The second-order valence-electron chi connectivity index (χ2n) is 6.17. The molecule has 0 aliphatic carbocycles. The van der Waals surface area contributed by atoms with E-state index < -0.39 is 11.3 Å². The van der Waals surface area contributed by atoms with Crippen molar-refractivity contribution in [3.05, 3.63) is 117 Å². The van der Waals surface area contributed by atoms with Crippen molar-refractivity contribution in [3.8, 4) is 22.3 Å². The van der Waals surface area contributed by atoms with E-state index >= 15 is 0 Å². The highest BCUT2D eigenvalue weighted by molar-refractivity contribution is 6.09. The smallest absolute Gasteiger partial charge is 0.335 e. The van der Waals surface area contributed by atoms with Crippen LogP contribution in [0.5, 0.6) is 0 Å². The molecular weight excluding hydrogens is 356 g/mol. The van der Waals surface area contributed by atoms with Gasteiger partial charge >= 0.3 is 11.3 Å². The Bertz CT molecular complexity index is 1110. The van der Waals surface area contributed by atoms with Gasteiger partial charge in [0.2, 0.25) is 0 Å². The SMILES string of the molecule is O=C(c1ccc(-c2ccc(=O)oc2)cc1)c1ccc(-c2ccc(=O)oc2)cc1. The first-order valence-electron chi connectivity index (χ1n) is 8.53. The molecule has 0 unspecified atom stereocenters. The Balaban J connectivity index is 1.55. The zero-order valence-corrected chi connectivity index (χ0v) is 14.6. The van der Waals surface area contributed by atoms with Crippen LogP contribution in [0.15, 0.2) is 104 Å². The van der Waals surface area contributed by atoms with Gasteiger partial charge in [-0.05, 0) is 23.3 Å². The van der Waals surface area contributed by atoms with E-state index in [9.17, 15) is 14.4 Å². The molecule has 0 spiro atoms. The first-order valence-corrected chi connectivity index (χ1v) is 8.53. The summed E-state index contributed by atoms with van der Waals surface area (Å²) in [7, 11) is 0. The third kappa shape index (κ3) is 3.59. The number of hydrogen-bond acceptors (Lipinski definition) is 5. The summed E-state index contributed by atoms with van der Waals surface area (Å²) in [6, 6.07) is 20.2. The van der Waals surface area contributed by atoms with Crippen LogP contribution < -0.4 is 11.3 Å². The van der Waals surface area contributed by atoms with Gasteiger partial charge in [0.15, 0.2) is 5.78 Å². The Kier molecular flexibility index (Phi) is 4.56. The van der Waals surface area contributed by atoms with E-state index in [1.165, 1.54) is 24.7 Å². The van der Waals surface area contributed by atoms with Crippen molar-refractivity contribution in [2.24, 2.45) is 0 Å². The van der Waals surface area contributed by atoms with Crippen molar-refractivity contribution < 1.29 is 13.6 Å². The molecule has 0 aliphatic heterocycles. The molecule has 0 saturated carbocycles. The minimum absolute atomic E-state index is 0.0997. The van der Waals surface area contributed by atoms with Crippen LogP contribution in [0, 0.1) is 0 Å². The Morgan fingerprint density at radius 3 is 1.18 bits per heavy atom. The van der Waals surface area contributed by atoms with Crippen molar-refractivity contribution in [2.45, 2.75) is 0 Å². The molecule has 2 aromatic heterocycles. The summed E-state index contributed by atoms with van der Waals surface area (Å²) in [5, 5.41) is 0. The quantitative estimate of drug-likeness (QED) is 0.504. The summed E-state index contributed by atoms with van der Waals surface area (Å²) in [4.78, 5) is 34.8. The molecule has 0 N–H and O–H groups in total. The lowest BCUT2D eigenvalue weighted by molar-refractivity contribution is 0.103. The molecule has 0 aliphatic rings. The highest BCUT2D eigenvalue weighted by Gasteiger charge is 2.10. The van der Waals surface area contributed by atoms with Crippen LogP contribution >= 0.6 is 0 Å². The second kappa shape index (κ2) is 7.32. The first kappa shape index (κ1) is 17.4. The fourth-order valence-electron chi connectivity index (χ4n) is 2.84. The lowest BCUT2D eigenvalue weighted by Crippen LogP contribution is -2.01. The maximum atomic E-state index is 12.7. The van der Waals surface area contributed by atoms with Gasteiger partial charge in [0.05, 0.1) is 0 Å². The number of benzene rings is 2. The number of carbonyl (C=O) groups excluding carboxylic acids is 1. The Labute approximate surface area is 159 Å². The maximum absolute atomic E-state index is 12.7. The van der Waals surface area contributed by atoms with Crippen LogP contribution in [0.3, 0.4) is 0 Å². The lowest BCUT2D eigenvalue weighted by atomic mass is 9.98. The minimum atomic E-state index is -0.406. The molecule has 0 amide bonds. The highest BCUT2D eigenvalue weighted by atomic mass is 16.4. The van der Waals surface area contributed by atoms with Gasteiger partial charge in [0.25, 0.3) is 0 Å². The molecule has 0 fully saturated rings. The molecule has 5 heteroatoms. The molecule has 0 saturated heterocycles. The second-order valence-corrected chi connectivity index (χ2v) is 6.17. The molecule has 0 bridgehead atoms. The fraction of sp³-hybridized carbons (Fsp3) is 0. The molecule has 2 aromatic carbocycles. The van der Waals surface area contributed by atoms with E-state index in [1.807, 2.05) is 24.3 Å². The normalized spacial score (nSPS) is 10.6. The third-order valence-electron chi connectivity index (χ3n) is 4.36. The molecular formula is C23H14O5. The van der Waals surface area contributed by atoms with E-state index in [0.717, 1.165) is 22.3 Å². The molecule has 0 atom stereocenters. The van der Waals surface area contributed by atoms with Gasteiger partial charge in [-0.15, -0.1) is 0 Å². The monoisotopic (exact) mass is 370 g/mol. The zero-order chi connectivity index (χ0) is 19.5. The standard InChI is InChI=1S/C23H14O5/c24-21-11-9-19(13-27-21)15-1-5-17(6-2-15)23(26)18-7-3-16(4-8-18)20-10-12-22(25)28-14-20/h1-14H. The van der Waals surface area contributed by atoms with Crippen LogP contribution in [0.2, 0.25) is 0 Å². The zero-order valence-electron chi connectivity index (χ0n) is 14.6. The number of carbonyl (C=O) groups is 1. The Morgan fingerprint density at radius 1 is 0.500 bits per heavy atom. The average Bonchev–Trinajstić information content (AvgIpc) is 2.75. The van der Waals surface area contributed by atoms with Crippen molar-refractivity contribution in [1.82, 2.24) is 0 Å². The summed E-state index contributed by atoms with van der Waals surface area (Å²) in [5.74, 6) is -0.0997. The lowest BCUT2D eigenvalue weighted by Gasteiger charge is -2.05. The van der Waals surface area contributed by atoms with Crippen molar-refractivity contribution >= 4 is 5.78 Å². The summed E-state index contributed by atoms with van der Waals surface area (Å²) < 4.78 is 9.73. The van der Waals surface area contributed by atoms with E-state index in [4.69, 9.17) is 8.83 Å². The first-order chi connectivity index (χ1) is 13.6. The molecule has 5 nitrogen and oxygen atoms in total. The van der Waals surface area contributed by atoms with Crippen molar-refractivity contribution in [1.29, 1.82) is 0 Å². The van der Waals surface area contributed by atoms with Gasteiger partial charge in [0.1, 0.15) is 12.5 Å². The average molecular weight is 370 g/mol. The molecule has 4 aromatic rings. The Hall–Kier alpha value is -3.99. The van der Waals surface area contributed by atoms with E-state index in [1.54, 1.807) is 36.4 Å². The predicted molar refractivity (Wildman–Crippen MR) is 104 cm³/mol. The largest absolute Gasteiger partial charge is 0.431 e. The number of rotatable bonds is 4. The molecule has 4 rings (SSSR count). The van der Waals surface area contributed by atoms with Crippen molar-refractivity contribution in [3.63, 3.8) is 0 Å². The van der Waals surface area contributed by atoms with Crippen LogP contribution in [0.4, 0.5) is 0 Å². The summed E-state index contributed by atoms with van der Waals surface area (Å²) in [6.07, 6.45) is 2.78. The van der Waals surface area contributed by atoms with Gasteiger partial charge in [-0.3, -0.25) is 4.79 Å². The topological polar surface area (TPSA) is 77.5 Å². The summed E-state index contributed by atoms with van der Waals surface area (Å²) >= 11 is 0. The van der Waals surface area contributed by atoms with Crippen LogP contribution in [0.1, 0.15) is 15.9 Å². The molecule has 2 heterocycles. The summed E-state index contributed by atoms with van der Waals surface area (Å²) in [5.41, 5.74) is 3.52. The van der Waals surface area contributed by atoms with Gasteiger partial charge in [-0.1, -0.05) is 48.5 Å². The number of ketones is 1. The highest BCUT2D eigenvalue weighted by Crippen LogP contribution is 2.22. The van der Waals surface area contributed by atoms with Crippen molar-refractivity contribution in [2.75, 3.05) is 0 Å². The molecule has 136 valence electrons. The third-order valence-corrected chi connectivity index (χ3v) is 4.36. The van der Waals surface area contributed by atoms with Gasteiger partial charge in [-0.2, -0.15) is 0 Å². The van der Waals surface area contributed by atoms with Crippen LogP contribution in [-0.4, -0.2) is 5.78 Å². The van der Waals surface area contributed by atoms with E-state index in [0.29, 0.717) is 11.1 Å². The maximum Gasteiger partial charge on any atom is 0.335 e. The van der Waals surface area contributed by atoms with E-state index in [2.05, 4.69) is 0 Å². The molecule has 28 heavy (non-hydrogen) atoms. The minimum Gasteiger partial charge on any atom is -0.431 e.